The monoisotopic (exact) mass is 382 g/mol. The smallest absolute Gasteiger partial charge is 0.338 e. The van der Waals surface area contributed by atoms with Gasteiger partial charge in [0.25, 0.3) is 5.91 Å². The molecule has 2 aromatic rings. The molecule has 1 aromatic carbocycles. The molecule has 1 aromatic heterocycles. The Morgan fingerprint density at radius 1 is 1.25 bits per heavy atom. The van der Waals surface area contributed by atoms with Crippen molar-refractivity contribution in [3.63, 3.8) is 0 Å². The van der Waals surface area contributed by atoms with Crippen molar-refractivity contribution in [2.45, 2.75) is 32.2 Å². The van der Waals surface area contributed by atoms with Crippen LogP contribution in [-0.4, -0.2) is 42.5 Å². The van der Waals surface area contributed by atoms with E-state index in [1.54, 1.807) is 42.5 Å². The van der Waals surface area contributed by atoms with E-state index in [0.717, 1.165) is 18.4 Å². The van der Waals surface area contributed by atoms with Crippen LogP contribution in [0.5, 0.6) is 5.75 Å². The zero-order valence-corrected chi connectivity index (χ0v) is 16.6. The summed E-state index contributed by atoms with van der Waals surface area (Å²) in [6.45, 7) is 2.53. The summed E-state index contributed by atoms with van der Waals surface area (Å²) < 4.78 is 10.7. The van der Waals surface area contributed by atoms with Gasteiger partial charge in [0.2, 0.25) is 0 Å². The largest absolute Gasteiger partial charge is 0.493 e. The average Bonchev–Trinajstić information content (AvgIpc) is 2.70. The molecule has 3 rings (SSSR count). The highest BCUT2D eigenvalue weighted by molar-refractivity contribution is 5.98. The third-order valence-electron chi connectivity index (χ3n) is 5.35. The van der Waals surface area contributed by atoms with Gasteiger partial charge in [0.05, 0.1) is 25.3 Å². The van der Waals surface area contributed by atoms with E-state index in [1.807, 2.05) is 19.1 Å². The Hall–Kier alpha value is -2.89. The Bertz CT molecular complexity index is 834. The van der Waals surface area contributed by atoms with Crippen LogP contribution in [-0.2, 0) is 4.74 Å². The molecule has 0 unspecified atom stereocenters. The minimum absolute atomic E-state index is 0.165. The van der Waals surface area contributed by atoms with Crippen molar-refractivity contribution in [3.8, 4) is 5.75 Å². The summed E-state index contributed by atoms with van der Waals surface area (Å²) in [5, 5.41) is 0. The van der Waals surface area contributed by atoms with Gasteiger partial charge in [-0.1, -0.05) is 12.5 Å². The van der Waals surface area contributed by atoms with Gasteiger partial charge < -0.3 is 14.4 Å². The van der Waals surface area contributed by atoms with E-state index in [1.165, 1.54) is 13.5 Å². The van der Waals surface area contributed by atoms with Crippen LogP contribution in [0.15, 0.2) is 42.7 Å². The summed E-state index contributed by atoms with van der Waals surface area (Å²) in [7, 11) is 3.06. The van der Waals surface area contributed by atoms with Crippen molar-refractivity contribution in [2.24, 2.45) is 5.92 Å². The normalized spacial score (nSPS) is 14.7. The average molecular weight is 382 g/mol. The number of hydrogen-bond acceptors (Lipinski definition) is 5. The van der Waals surface area contributed by atoms with Crippen LogP contribution in [0.2, 0.25) is 0 Å². The summed E-state index contributed by atoms with van der Waals surface area (Å²) in [6.07, 6.45) is 6.99. The fourth-order valence-electron chi connectivity index (χ4n) is 3.14. The van der Waals surface area contributed by atoms with Crippen molar-refractivity contribution < 1.29 is 19.1 Å². The molecule has 1 aliphatic rings. The number of methoxy groups -OCH3 is 1. The highest BCUT2D eigenvalue weighted by Gasteiger charge is 2.23. The van der Waals surface area contributed by atoms with Crippen molar-refractivity contribution >= 4 is 11.9 Å². The second kappa shape index (κ2) is 8.87. The number of nitrogens with zero attached hydrogens (tertiary/aromatic N) is 2. The number of hydrogen-bond donors (Lipinski definition) is 0. The minimum atomic E-state index is -0.494. The first-order chi connectivity index (χ1) is 13.5. The first kappa shape index (κ1) is 19.9. The first-order valence-corrected chi connectivity index (χ1v) is 9.53. The number of carbonyl (C=O) groups excluding carboxylic acids is 2. The van der Waals surface area contributed by atoms with Gasteiger partial charge in [-0.25, -0.2) is 4.79 Å². The van der Waals surface area contributed by atoms with Crippen LogP contribution in [0.25, 0.3) is 0 Å². The highest BCUT2D eigenvalue weighted by atomic mass is 16.5. The number of esters is 1. The lowest BCUT2D eigenvalue weighted by Gasteiger charge is -2.26. The van der Waals surface area contributed by atoms with Crippen molar-refractivity contribution in [2.75, 3.05) is 20.8 Å². The maximum Gasteiger partial charge on any atom is 0.338 e. The second-order valence-electron chi connectivity index (χ2n) is 7.22. The van der Waals surface area contributed by atoms with E-state index in [4.69, 9.17) is 9.47 Å². The van der Waals surface area contributed by atoms with Crippen LogP contribution in [0.1, 0.15) is 58.5 Å². The molecule has 0 radical (unpaired) electrons. The number of carbonyl (C=O) groups is 2. The number of aromatic nitrogens is 1. The maximum atomic E-state index is 13.1. The fourth-order valence-corrected chi connectivity index (χ4v) is 3.14. The predicted octanol–water partition coefficient (Wildman–Crippen LogP) is 3.88. The van der Waals surface area contributed by atoms with Gasteiger partial charge in [0.15, 0.2) is 0 Å². The topological polar surface area (TPSA) is 68.7 Å². The number of benzene rings is 1. The molecule has 0 N–H and O–H groups in total. The molecule has 1 saturated carbocycles. The van der Waals surface area contributed by atoms with Gasteiger partial charge in [0.1, 0.15) is 5.75 Å². The molecule has 6 heteroatoms. The summed E-state index contributed by atoms with van der Waals surface area (Å²) in [5.74, 6) is 0.372. The molecule has 1 heterocycles. The molecular formula is C22H26N2O4. The fraction of sp³-hybridized carbons (Fsp3) is 0.409. The van der Waals surface area contributed by atoms with Gasteiger partial charge in [-0.2, -0.15) is 0 Å². The zero-order valence-electron chi connectivity index (χ0n) is 16.6. The van der Waals surface area contributed by atoms with E-state index >= 15 is 0 Å². The molecule has 1 fully saturated rings. The van der Waals surface area contributed by atoms with Crippen LogP contribution < -0.4 is 4.74 Å². The number of amides is 1. The molecule has 1 aliphatic carbocycles. The van der Waals surface area contributed by atoms with E-state index in [2.05, 4.69) is 4.98 Å². The Balaban J connectivity index is 1.83. The third kappa shape index (κ3) is 4.50. The van der Waals surface area contributed by atoms with Crippen LogP contribution >= 0.6 is 0 Å². The summed E-state index contributed by atoms with van der Waals surface area (Å²) in [5.41, 5.74) is 1.63. The Kier molecular flexibility index (Phi) is 6.29. The van der Waals surface area contributed by atoms with Crippen molar-refractivity contribution in [1.82, 2.24) is 9.88 Å². The Morgan fingerprint density at radius 3 is 2.61 bits per heavy atom. The molecule has 1 atom stereocenters. The third-order valence-corrected chi connectivity index (χ3v) is 5.35. The summed E-state index contributed by atoms with van der Waals surface area (Å²) in [4.78, 5) is 30.9. The molecule has 6 nitrogen and oxygen atoms in total. The van der Waals surface area contributed by atoms with E-state index < -0.39 is 5.97 Å². The predicted molar refractivity (Wildman–Crippen MR) is 105 cm³/mol. The number of ether oxygens (including phenoxy) is 2. The van der Waals surface area contributed by atoms with Crippen LogP contribution in [0.4, 0.5) is 0 Å². The molecule has 0 aliphatic heterocycles. The molecular weight excluding hydrogens is 356 g/mol. The Morgan fingerprint density at radius 2 is 2.00 bits per heavy atom. The Labute approximate surface area is 165 Å². The maximum absolute atomic E-state index is 13.1. The molecule has 28 heavy (non-hydrogen) atoms. The molecule has 148 valence electrons. The number of pyridine rings is 1. The summed E-state index contributed by atoms with van der Waals surface area (Å²) >= 11 is 0. The lowest BCUT2D eigenvalue weighted by Crippen LogP contribution is -2.30. The molecule has 1 amide bonds. The quantitative estimate of drug-likeness (QED) is 0.680. The van der Waals surface area contributed by atoms with Crippen molar-refractivity contribution in [3.05, 3.63) is 59.4 Å². The number of rotatable bonds is 7. The second-order valence-corrected chi connectivity index (χ2v) is 7.22. The van der Waals surface area contributed by atoms with Gasteiger partial charge in [0, 0.05) is 25.0 Å². The van der Waals surface area contributed by atoms with Gasteiger partial charge in [-0.15, -0.1) is 0 Å². The van der Waals surface area contributed by atoms with E-state index in [0.29, 0.717) is 29.4 Å². The van der Waals surface area contributed by atoms with Gasteiger partial charge in [-0.05, 0) is 55.5 Å². The molecule has 0 saturated heterocycles. The lowest BCUT2D eigenvalue weighted by atomic mass is 9.86. The highest BCUT2D eigenvalue weighted by Crippen LogP contribution is 2.28. The standard InChI is InChI=1S/C22H26N2O4/c1-15(17-8-5-9-23-13-17)24(2)21(25)18-10-19(22(26)27-3)12-20(11-18)28-14-16-6-4-7-16/h5,8-13,15-16H,4,6-7,14H2,1-3H3/t15-/m0/s1. The minimum Gasteiger partial charge on any atom is -0.493 e. The van der Waals surface area contributed by atoms with Crippen molar-refractivity contribution in [1.29, 1.82) is 0 Å². The van der Waals surface area contributed by atoms with Gasteiger partial charge in [-0.3, -0.25) is 9.78 Å². The summed E-state index contributed by atoms with van der Waals surface area (Å²) in [6, 6.07) is 8.48. The molecule has 0 spiro atoms. The van der Waals surface area contributed by atoms with E-state index in [-0.39, 0.29) is 11.9 Å². The lowest BCUT2D eigenvalue weighted by molar-refractivity contribution is 0.0600. The van der Waals surface area contributed by atoms with E-state index in [9.17, 15) is 9.59 Å². The van der Waals surface area contributed by atoms with Crippen LogP contribution in [0, 0.1) is 5.92 Å². The zero-order chi connectivity index (χ0) is 20.1. The SMILES string of the molecule is COC(=O)c1cc(OCC2CCC2)cc(C(=O)N(C)[C@@H](C)c2cccnc2)c1. The molecule has 0 bridgehead atoms. The van der Waals surface area contributed by atoms with Gasteiger partial charge >= 0.3 is 5.97 Å². The first-order valence-electron chi connectivity index (χ1n) is 9.53. The van der Waals surface area contributed by atoms with Crippen LogP contribution in [0.3, 0.4) is 0 Å².